The van der Waals surface area contributed by atoms with E-state index in [1.807, 2.05) is 5.10 Å². The molecule has 4 N–H and O–H groups in total. The molecule has 0 saturated heterocycles. The van der Waals surface area contributed by atoms with E-state index in [0.717, 1.165) is 0 Å². The van der Waals surface area contributed by atoms with E-state index in [4.69, 9.17) is 10.2 Å². The van der Waals surface area contributed by atoms with Gasteiger partial charge in [-0.25, -0.2) is 22.7 Å². The second-order valence-corrected chi connectivity index (χ2v) is 9.50. The van der Waals surface area contributed by atoms with Gasteiger partial charge in [0, 0.05) is 5.92 Å². The molecular formula is C21H20F4N4O5S. The number of nitrogens with two attached hydrogens (primary N) is 1. The first-order valence-electron chi connectivity index (χ1n) is 9.98. The van der Waals surface area contributed by atoms with Crippen molar-refractivity contribution in [3.8, 4) is 0 Å². The molecule has 0 saturated carbocycles. The van der Waals surface area contributed by atoms with Gasteiger partial charge >= 0.3 is 11.9 Å². The van der Waals surface area contributed by atoms with Crippen LogP contribution in [-0.4, -0.2) is 24.5 Å². The molecule has 1 aromatic heterocycles. The fourth-order valence-electron chi connectivity index (χ4n) is 3.63. The molecule has 188 valence electrons. The quantitative estimate of drug-likeness (QED) is 0.411. The van der Waals surface area contributed by atoms with Crippen molar-refractivity contribution in [1.29, 1.82) is 0 Å². The topological polar surface area (TPSA) is 148 Å². The van der Waals surface area contributed by atoms with Gasteiger partial charge in [-0.3, -0.25) is 4.79 Å². The molecule has 0 aliphatic carbocycles. The van der Waals surface area contributed by atoms with Crippen LogP contribution < -0.4 is 16.2 Å². The smallest absolute Gasteiger partial charge is 0.391 e. The fraction of sp³-hybridized carbons (Fsp3) is 0.286. The molecule has 1 amide bonds. The Balaban J connectivity index is 2.15. The number of carbonyl (C=O) groups is 1. The number of halogens is 4. The van der Waals surface area contributed by atoms with Crippen molar-refractivity contribution in [2.75, 3.05) is 0 Å². The predicted molar refractivity (Wildman–Crippen MR) is 114 cm³/mol. The molecule has 0 fully saturated rings. The first kappa shape index (κ1) is 26.1. The van der Waals surface area contributed by atoms with Crippen LogP contribution in [0.15, 0.2) is 44.4 Å². The van der Waals surface area contributed by atoms with E-state index in [-0.39, 0.29) is 5.56 Å². The van der Waals surface area contributed by atoms with Crippen molar-refractivity contribution < 1.29 is 35.2 Å². The number of nitrogens with zero attached hydrogens (tertiary/aromatic N) is 1. The lowest BCUT2D eigenvalue weighted by atomic mass is 9.88. The van der Waals surface area contributed by atoms with Crippen molar-refractivity contribution in [3.63, 3.8) is 0 Å². The van der Waals surface area contributed by atoms with Gasteiger partial charge in [0.2, 0.25) is 21.8 Å². The number of amides is 1. The SMILES string of the molecule is Cc1ccc(F)c([C@@H](C)[C@H](NS(=O)(=O)c2ccc(C(F)(F)F)cc2C(N)=O)c2n[nH]c(=O)o2)c1C. The lowest BCUT2D eigenvalue weighted by Crippen LogP contribution is -2.34. The minimum Gasteiger partial charge on any atom is -0.391 e. The normalized spacial score (nSPS) is 14.0. The minimum atomic E-state index is -4.87. The maximum Gasteiger partial charge on any atom is 0.434 e. The molecule has 1 heterocycles. The Morgan fingerprint density at radius 2 is 1.86 bits per heavy atom. The van der Waals surface area contributed by atoms with Crippen LogP contribution >= 0.6 is 0 Å². The zero-order chi connectivity index (χ0) is 26.3. The molecule has 0 unspecified atom stereocenters. The summed E-state index contributed by atoms with van der Waals surface area (Å²) >= 11 is 0. The summed E-state index contributed by atoms with van der Waals surface area (Å²) in [6, 6.07) is 2.56. The fourth-order valence-corrected chi connectivity index (χ4v) is 5.10. The number of nitrogens with one attached hydrogen (secondary N) is 2. The number of aromatic amines is 1. The van der Waals surface area contributed by atoms with Gasteiger partial charge in [-0.15, -0.1) is 5.10 Å². The molecule has 2 atom stereocenters. The van der Waals surface area contributed by atoms with Crippen LogP contribution in [-0.2, 0) is 16.2 Å². The number of hydrogen-bond acceptors (Lipinski definition) is 6. The van der Waals surface area contributed by atoms with Crippen LogP contribution in [0.2, 0.25) is 0 Å². The summed E-state index contributed by atoms with van der Waals surface area (Å²) in [5.74, 6) is -4.60. The molecule has 9 nitrogen and oxygen atoms in total. The highest BCUT2D eigenvalue weighted by atomic mass is 32.2. The van der Waals surface area contributed by atoms with Gasteiger partial charge in [0.1, 0.15) is 11.9 Å². The Morgan fingerprint density at radius 1 is 1.20 bits per heavy atom. The number of sulfonamides is 1. The predicted octanol–water partition coefficient (Wildman–Crippen LogP) is 3.06. The summed E-state index contributed by atoms with van der Waals surface area (Å²) in [6.45, 7) is 4.76. The van der Waals surface area contributed by atoms with E-state index in [2.05, 4.69) is 9.82 Å². The second kappa shape index (κ2) is 9.26. The lowest BCUT2D eigenvalue weighted by molar-refractivity contribution is -0.137. The van der Waals surface area contributed by atoms with Crippen molar-refractivity contribution >= 4 is 15.9 Å². The van der Waals surface area contributed by atoms with E-state index in [0.29, 0.717) is 29.3 Å². The van der Waals surface area contributed by atoms with Crippen LogP contribution in [0.25, 0.3) is 0 Å². The van der Waals surface area contributed by atoms with Crippen LogP contribution in [0.1, 0.15) is 57.4 Å². The van der Waals surface area contributed by atoms with E-state index >= 15 is 0 Å². The van der Waals surface area contributed by atoms with E-state index in [1.165, 1.54) is 19.1 Å². The van der Waals surface area contributed by atoms with E-state index < -0.39 is 67.6 Å². The summed E-state index contributed by atoms with van der Waals surface area (Å²) in [5.41, 5.74) is 4.22. The Morgan fingerprint density at radius 3 is 2.40 bits per heavy atom. The third-order valence-corrected chi connectivity index (χ3v) is 7.05. The molecule has 3 aromatic rings. The number of benzene rings is 2. The number of hydrogen-bond donors (Lipinski definition) is 3. The van der Waals surface area contributed by atoms with Gasteiger partial charge in [-0.2, -0.15) is 17.9 Å². The number of primary amides is 1. The monoisotopic (exact) mass is 516 g/mol. The molecule has 0 spiro atoms. The van der Waals surface area contributed by atoms with Gasteiger partial charge in [0.25, 0.3) is 0 Å². The van der Waals surface area contributed by atoms with Crippen LogP contribution in [0.4, 0.5) is 17.6 Å². The third-order valence-electron chi connectivity index (χ3n) is 5.55. The molecular weight excluding hydrogens is 496 g/mol. The van der Waals surface area contributed by atoms with Crippen molar-refractivity contribution in [2.45, 2.75) is 43.8 Å². The Kier molecular flexibility index (Phi) is 6.90. The molecule has 3 rings (SSSR count). The van der Waals surface area contributed by atoms with Crippen LogP contribution in [0, 0.1) is 19.7 Å². The maximum atomic E-state index is 14.8. The molecule has 0 aliphatic rings. The molecule has 0 bridgehead atoms. The van der Waals surface area contributed by atoms with Gasteiger partial charge in [-0.1, -0.05) is 13.0 Å². The molecule has 0 radical (unpaired) electrons. The van der Waals surface area contributed by atoms with E-state index in [1.54, 1.807) is 13.8 Å². The first-order chi connectivity index (χ1) is 16.1. The minimum absolute atomic E-state index is 0.0888. The highest BCUT2D eigenvalue weighted by Gasteiger charge is 2.36. The molecule has 0 aliphatic heterocycles. The standard InChI is InChI=1S/C21H20F4N4O5S/c1-9-4-6-14(22)16(10(9)2)11(3)17(19-27-28-20(31)34-19)29-35(32,33)15-7-5-12(21(23,24)25)8-13(15)18(26)30/h4-8,11,17,29H,1-3H3,(H2,26,30)(H,28,31)/t11-,17+/m1/s1. The number of carbonyl (C=O) groups excluding carboxylic acids is 1. The summed E-state index contributed by atoms with van der Waals surface area (Å²) in [7, 11) is -4.78. The number of alkyl halides is 3. The highest BCUT2D eigenvalue weighted by Crippen LogP contribution is 2.36. The number of rotatable bonds is 7. The highest BCUT2D eigenvalue weighted by molar-refractivity contribution is 7.89. The Labute approximate surface area is 196 Å². The van der Waals surface area contributed by atoms with Crippen LogP contribution in [0.5, 0.6) is 0 Å². The zero-order valence-electron chi connectivity index (χ0n) is 18.5. The summed E-state index contributed by atoms with van der Waals surface area (Å²) in [5, 5.41) is 5.61. The average molecular weight is 516 g/mol. The largest absolute Gasteiger partial charge is 0.434 e. The second-order valence-electron chi connectivity index (χ2n) is 7.81. The molecule has 14 heteroatoms. The number of aryl methyl sites for hydroxylation is 1. The average Bonchev–Trinajstić information content (AvgIpc) is 3.19. The van der Waals surface area contributed by atoms with Crippen molar-refractivity contribution in [3.05, 3.63) is 80.4 Å². The Hall–Kier alpha value is -3.52. The van der Waals surface area contributed by atoms with Gasteiger partial charge < -0.3 is 10.2 Å². The van der Waals surface area contributed by atoms with Crippen molar-refractivity contribution in [1.82, 2.24) is 14.9 Å². The Bertz CT molecular complexity index is 1450. The molecule has 35 heavy (non-hydrogen) atoms. The van der Waals surface area contributed by atoms with Gasteiger partial charge in [0.15, 0.2) is 0 Å². The van der Waals surface area contributed by atoms with Gasteiger partial charge in [0.05, 0.1) is 16.0 Å². The number of aromatic nitrogens is 2. The van der Waals surface area contributed by atoms with Crippen molar-refractivity contribution in [2.24, 2.45) is 5.73 Å². The van der Waals surface area contributed by atoms with Crippen LogP contribution in [0.3, 0.4) is 0 Å². The third kappa shape index (κ3) is 5.27. The zero-order valence-corrected chi connectivity index (χ0v) is 19.3. The maximum absolute atomic E-state index is 14.8. The van der Waals surface area contributed by atoms with Gasteiger partial charge in [-0.05, 0) is 54.8 Å². The lowest BCUT2D eigenvalue weighted by Gasteiger charge is -2.25. The summed E-state index contributed by atoms with van der Waals surface area (Å²) in [6.07, 6.45) is -4.87. The summed E-state index contributed by atoms with van der Waals surface area (Å²) in [4.78, 5) is 22.5. The van der Waals surface area contributed by atoms with E-state index in [9.17, 15) is 35.6 Å². The first-order valence-corrected chi connectivity index (χ1v) is 11.5. The molecule has 2 aromatic carbocycles. The summed E-state index contributed by atoms with van der Waals surface area (Å²) < 4.78 is 87.6. The number of H-pyrrole nitrogens is 1.